The molecule has 2 aromatic rings. The van der Waals surface area contributed by atoms with E-state index in [1.165, 1.54) is 6.42 Å². The van der Waals surface area contributed by atoms with Crippen LogP contribution in [0.3, 0.4) is 0 Å². The average molecular weight is 284 g/mol. The van der Waals surface area contributed by atoms with E-state index in [-0.39, 0.29) is 5.91 Å². The van der Waals surface area contributed by atoms with E-state index in [4.69, 9.17) is 0 Å². The van der Waals surface area contributed by atoms with Crippen LogP contribution in [0.25, 0.3) is 10.9 Å². The van der Waals surface area contributed by atoms with E-state index in [9.17, 15) is 4.79 Å². The number of benzene rings is 1. The standard InChI is InChI=1S/C18H24N2O/c1-12-15(14-6-4-5-7-16(14)19-12)10-17(21)20-13-8-9-18(2,3)11-13/h4-7,13,19H,8-11H2,1-3H3,(H,20,21). The normalized spacial score (nSPS) is 20.8. The minimum atomic E-state index is 0.144. The van der Waals surface area contributed by atoms with Crippen molar-refractivity contribution in [2.75, 3.05) is 0 Å². The molecule has 0 radical (unpaired) electrons. The number of carbonyl (C=O) groups excluding carboxylic acids is 1. The lowest BCUT2D eigenvalue weighted by molar-refractivity contribution is -0.121. The highest BCUT2D eigenvalue weighted by molar-refractivity contribution is 5.90. The molecule has 2 N–H and O–H groups in total. The number of H-pyrrole nitrogens is 1. The Morgan fingerprint density at radius 1 is 1.38 bits per heavy atom. The van der Waals surface area contributed by atoms with Gasteiger partial charge in [0.1, 0.15) is 0 Å². The van der Waals surface area contributed by atoms with E-state index in [0.717, 1.165) is 35.0 Å². The molecule has 1 aromatic carbocycles. The first-order valence-corrected chi connectivity index (χ1v) is 7.80. The zero-order chi connectivity index (χ0) is 15.0. The zero-order valence-electron chi connectivity index (χ0n) is 13.1. The number of amides is 1. The minimum Gasteiger partial charge on any atom is -0.358 e. The first-order chi connectivity index (χ1) is 9.94. The van der Waals surface area contributed by atoms with Crippen LogP contribution in [0, 0.1) is 12.3 Å². The van der Waals surface area contributed by atoms with Crippen LogP contribution >= 0.6 is 0 Å². The van der Waals surface area contributed by atoms with Crippen molar-refractivity contribution in [2.24, 2.45) is 5.41 Å². The highest BCUT2D eigenvalue weighted by atomic mass is 16.1. The van der Waals surface area contributed by atoms with Gasteiger partial charge < -0.3 is 10.3 Å². The van der Waals surface area contributed by atoms with Gasteiger partial charge in [-0.3, -0.25) is 4.79 Å². The molecule has 1 fully saturated rings. The van der Waals surface area contributed by atoms with Gasteiger partial charge in [0, 0.05) is 22.6 Å². The Morgan fingerprint density at radius 3 is 2.86 bits per heavy atom. The van der Waals surface area contributed by atoms with Crippen molar-refractivity contribution in [1.82, 2.24) is 10.3 Å². The van der Waals surface area contributed by atoms with Gasteiger partial charge in [-0.25, -0.2) is 0 Å². The van der Waals surface area contributed by atoms with Crippen molar-refractivity contribution in [2.45, 2.75) is 52.5 Å². The molecule has 21 heavy (non-hydrogen) atoms. The van der Waals surface area contributed by atoms with Crippen molar-refractivity contribution in [3.05, 3.63) is 35.5 Å². The number of hydrogen-bond acceptors (Lipinski definition) is 1. The quantitative estimate of drug-likeness (QED) is 0.886. The summed E-state index contributed by atoms with van der Waals surface area (Å²) in [5.41, 5.74) is 3.70. The van der Waals surface area contributed by atoms with Gasteiger partial charge in [-0.2, -0.15) is 0 Å². The van der Waals surface area contributed by atoms with E-state index >= 15 is 0 Å². The lowest BCUT2D eigenvalue weighted by Crippen LogP contribution is -2.34. The van der Waals surface area contributed by atoms with E-state index < -0.39 is 0 Å². The number of aryl methyl sites for hydroxylation is 1. The number of aromatic nitrogens is 1. The fraction of sp³-hybridized carbons (Fsp3) is 0.500. The molecule has 1 aromatic heterocycles. The second-order valence-electron chi connectivity index (χ2n) is 7.12. The van der Waals surface area contributed by atoms with Gasteiger partial charge in [-0.1, -0.05) is 32.0 Å². The predicted molar refractivity (Wildman–Crippen MR) is 86.3 cm³/mol. The maximum absolute atomic E-state index is 12.3. The van der Waals surface area contributed by atoms with Crippen LogP contribution in [-0.2, 0) is 11.2 Å². The van der Waals surface area contributed by atoms with Crippen molar-refractivity contribution >= 4 is 16.8 Å². The summed E-state index contributed by atoms with van der Waals surface area (Å²) < 4.78 is 0. The summed E-state index contributed by atoms with van der Waals surface area (Å²) in [6.45, 7) is 6.60. The Morgan fingerprint density at radius 2 is 2.14 bits per heavy atom. The molecule has 1 heterocycles. The molecular formula is C18H24N2O. The molecule has 3 nitrogen and oxygen atoms in total. The molecular weight excluding hydrogens is 260 g/mol. The van der Waals surface area contributed by atoms with Gasteiger partial charge in [0.2, 0.25) is 5.91 Å². The third-order valence-corrected chi connectivity index (χ3v) is 4.70. The molecule has 1 aliphatic rings. The van der Waals surface area contributed by atoms with Crippen LogP contribution in [0.15, 0.2) is 24.3 Å². The Balaban J connectivity index is 1.71. The summed E-state index contributed by atoms with van der Waals surface area (Å²) in [5.74, 6) is 0.144. The smallest absolute Gasteiger partial charge is 0.224 e. The number of rotatable bonds is 3. The van der Waals surface area contributed by atoms with Crippen LogP contribution in [-0.4, -0.2) is 16.9 Å². The van der Waals surface area contributed by atoms with Crippen molar-refractivity contribution in [1.29, 1.82) is 0 Å². The topological polar surface area (TPSA) is 44.9 Å². The molecule has 3 rings (SSSR count). The Labute approximate surface area is 126 Å². The van der Waals surface area contributed by atoms with Crippen molar-refractivity contribution in [3.63, 3.8) is 0 Å². The van der Waals surface area contributed by atoms with Gasteiger partial charge in [0.25, 0.3) is 0 Å². The zero-order valence-corrected chi connectivity index (χ0v) is 13.1. The molecule has 1 saturated carbocycles. The first-order valence-electron chi connectivity index (χ1n) is 7.80. The van der Waals surface area contributed by atoms with E-state index in [0.29, 0.717) is 17.9 Å². The Hall–Kier alpha value is -1.77. The van der Waals surface area contributed by atoms with Gasteiger partial charge in [-0.15, -0.1) is 0 Å². The highest BCUT2D eigenvalue weighted by Crippen LogP contribution is 2.36. The molecule has 1 unspecified atom stereocenters. The van der Waals surface area contributed by atoms with Crippen LogP contribution < -0.4 is 5.32 Å². The number of hydrogen-bond donors (Lipinski definition) is 2. The number of aromatic amines is 1. The monoisotopic (exact) mass is 284 g/mol. The second kappa shape index (κ2) is 5.21. The van der Waals surface area contributed by atoms with Gasteiger partial charge in [0.05, 0.1) is 6.42 Å². The van der Waals surface area contributed by atoms with E-state index in [1.54, 1.807) is 0 Å². The summed E-state index contributed by atoms with van der Waals surface area (Å²) in [7, 11) is 0. The lowest BCUT2D eigenvalue weighted by atomic mass is 9.92. The predicted octanol–water partition coefficient (Wildman–Crippen LogP) is 3.71. The fourth-order valence-electron chi connectivity index (χ4n) is 3.56. The molecule has 0 aliphatic heterocycles. The number of nitrogens with one attached hydrogen (secondary N) is 2. The molecule has 0 spiro atoms. The molecule has 112 valence electrons. The van der Waals surface area contributed by atoms with Crippen LogP contribution in [0.5, 0.6) is 0 Å². The molecule has 3 heteroatoms. The summed E-state index contributed by atoms with van der Waals surface area (Å²) in [5, 5.41) is 4.38. The van der Waals surface area contributed by atoms with Crippen LogP contribution in [0.4, 0.5) is 0 Å². The van der Waals surface area contributed by atoms with Crippen molar-refractivity contribution in [3.8, 4) is 0 Å². The third-order valence-electron chi connectivity index (χ3n) is 4.70. The maximum Gasteiger partial charge on any atom is 0.224 e. The van der Waals surface area contributed by atoms with E-state index in [1.807, 2.05) is 19.1 Å². The average Bonchev–Trinajstić information content (AvgIpc) is 2.90. The number of para-hydroxylation sites is 1. The number of fused-ring (bicyclic) bond motifs is 1. The molecule has 1 aliphatic carbocycles. The fourth-order valence-corrected chi connectivity index (χ4v) is 3.56. The van der Waals surface area contributed by atoms with Gasteiger partial charge in [-0.05, 0) is 43.2 Å². The summed E-state index contributed by atoms with van der Waals surface area (Å²) in [6, 6.07) is 8.53. The molecule has 0 saturated heterocycles. The number of carbonyl (C=O) groups is 1. The van der Waals surface area contributed by atoms with Crippen LogP contribution in [0.2, 0.25) is 0 Å². The summed E-state index contributed by atoms with van der Waals surface area (Å²) in [4.78, 5) is 15.7. The summed E-state index contributed by atoms with van der Waals surface area (Å²) >= 11 is 0. The van der Waals surface area contributed by atoms with Crippen LogP contribution in [0.1, 0.15) is 44.4 Å². The highest BCUT2D eigenvalue weighted by Gasteiger charge is 2.31. The Kier molecular flexibility index (Phi) is 3.52. The van der Waals surface area contributed by atoms with E-state index in [2.05, 4.69) is 36.3 Å². The largest absolute Gasteiger partial charge is 0.358 e. The third kappa shape index (κ3) is 2.97. The second-order valence-corrected chi connectivity index (χ2v) is 7.12. The Bertz CT molecular complexity index is 669. The maximum atomic E-state index is 12.3. The lowest BCUT2D eigenvalue weighted by Gasteiger charge is -2.17. The first kappa shape index (κ1) is 14.2. The van der Waals surface area contributed by atoms with Gasteiger partial charge in [0.15, 0.2) is 0 Å². The molecule has 0 bridgehead atoms. The SMILES string of the molecule is Cc1[nH]c2ccccc2c1CC(=O)NC1CCC(C)(C)C1. The molecule has 1 amide bonds. The summed E-state index contributed by atoms with van der Waals surface area (Å²) in [6.07, 6.45) is 3.86. The van der Waals surface area contributed by atoms with Gasteiger partial charge >= 0.3 is 0 Å². The molecule has 1 atom stereocenters. The minimum absolute atomic E-state index is 0.144. The van der Waals surface area contributed by atoms with Crippen molar-refractivity contribution < 1.29 is 4.79 Å².